The van der Waals surface area contributed by atoms with Gasteiger partial charge in [0, 0.05) is 13.1 Å². The number of benzene rings is 2. The Bertz CT molecular complexity index is 741. The summed E-state index contributed by atoms with van der Waals surface area (Å²) < 4.78 is 27.2. The van der Waals surface area contributed by atoms with Gasteiger partial charge in [0.25, 0.3) is 10.0 Å². The average molecular weight is 288 g/mol. The maximum Gasteiger partial charge on any atom is 0.264 e. The van der Waals surface area contributed by atoms with Crippen LogP contribution >= 0.6 is 0 Å². The highest BCUT2D eigenvalue weighted by Crippen LogP contribution is 2.33. The molecule has 2 aromatic rings. The van der Waals surface area contributed by atoms with Gasteiger partial charge in [-0.15, -0.1) is 0 Å². The summed E-state index contributed by atoms with van der Waals surface area (Å²) in [6, 6.07) is 14.5. The molecule has 0 saturated heterocycles. The Kier molecular flexibility index (Phi) is 3.23. The quantitative estimate of drug-likeness (QED) is 0.938. The molecule has 0 aromatic heterocycles. The Labute approximate surface area is 118 Å². The molecule has 20 heavy (non-hydrogen) atoms. The first-order valence-electron chi connectivity index (χ1n) is 6.53. The van der Waals surface area contributed by atoms with Gasteiger partial charge in [-0.1, -0.05) is 36.4 Å². The number of nitrogens with zero attached hydrogens (tertiary/aromatic N) is 1. The van der Waals surface area contributed by atoms with Crippen molar-refractivity contribution >= 4 is 15.7 Å². The Morgan fingerprint density at radius 1 is 1.05 bits per heavy atom. The zero-order valence-electron chi connectivity index (χ0n) is 11.0. The van der Waals surface area contributed by atoms with E-state index in [1.807, 2.05) is 24.3 Å². The van der Waals surface area contributed by atoms with Crippen LogP contribution in [0.5, 0.6) is 0 Å². The fourth-order valence-electron chi connectivity index (χ4n) is 2.60. The molecule has 0 amide bonds. The van der Waals surface area contributed by atoms with Crippen LogP contribution in [0, 0.1) is 0 Å². The monoisotopic (exact) mass is 288 g/mol. The van der Waals surface area contributed by atoms with Crippen LogP contribution in [0.3, 0.4) is 0 Å². The van der Waals surface area contributed by atoms with Gasteiger partial charge in [-0.05, 0) is 29.7 Å². The summed E-state index contributed by atoms with van der Waals surface area (Å²) in [5.41, 5.74) is 8.16. The second-order valence-electron chi connectivity index (χ2n) is 4.77. The van der Waals surface area contributed by atoms with Crippen molar-refractivity contribution in [3.05, 3.63) is 59.7 Å². The lowest BCUT2D eigenvalue weighted by atomic mass is 10.2. The number of anilines is 1. The number of rotatable bonds is 3. The van der Waals surface area contributed by atoms with Gasteiger partial charge < -0.3 is 5.73 Å². The first-order valence-corrected chi connectivity index (χ1v) is 7.97. The van der Waals surface area contributed by atoms with Crippen molar-refractivity contribution in [2.75, 3.05) is 10.8 Å². The third-order valence-electron chi connectivity index (χ3n) is 3.61. The lowest BCUT2D eigenvalue weighted by Crippen LogP contribution is -2.30. The van der Waals surface area contributed by atoms with Crippen molar-refractivity contribution in [1.82, 2.24) is 0 Å². The van der Waals surface area contributed by atoms with E-state index >= 15 is 0 Å². The van der Waals surface area contributed by atoms with Crippen molar-refractivity contribution in [3.63, 3.8) is 0 Å². The van der Waals surface area contributed by atoms with E-state index in [1.165, 1.54) is 4.31 Å². The molecule has 0 saturated carbocycles. The van der Waals surface area contributed by atoms with Crippen molar-refractivity contribution in [3.8, 4) is 0 Å². The third-order valence-corrected chi connectivity index (χ3v) is 5.52. The number of hydrogen-bond acceptors (Lipinski definition) is 3. The average Bonchev–Trinajstić information content (AvgIpc) is 2.92. The smallest absolute Gasteiger partial charge is 0.264 e. The summed E-state index contributed by atoms with van der Waals surface area (Å²) in [6.45, 7) is 0.700. The summed E-state index contributed by atoms with van der Waals surface area (Å²) in [4.78, 5) is 0.305. The van der Waals surface area contributed by atoms with Crippen LogP contribution in [-0.4, -0.2) is 15.0 Å². The molecule has 0 bridgehead atoms. The van der Waals surface area contributed by atoms with Crippen LogP contribution in [0.1, 0.15) is 11.1 Å². The van der Waals surface area contributed by atoms with Crippen LogP contribution in [0.25, 0.3) is 0 Å². The minimum Gasteiger partial charge on any atom is -0.326 e. The molecule has 1 heterocycles. The minimum absolute atomic E-state index is 0.213. The zero-order valence-corrected chi connectivity index (χ0v) is 11.8. The molecule has 1 aliphatic rings. The molecule has 4 nitrogen and oxygen atoms in total. The molecular weight excluding hydrogens is 272 g/mol. The van der Waals surface area contributed by atoms with E-state index in [4.69, 9.17) is 5.73 Å². The summed E-state index contributed by atoms with van der Waals surface area (Å²) in [5.74, 6) is 0. The molecule has 104 valence electrons. The number of nitrogens with two attached hydrogens (primary N) is 1. The minimum atomic E-state index is -3.54. The van der Waals surface area contributed by atoms with Crippen LogP contribution in [0.15, 0.2) is 53.4 Å². The second-order valence-corrected chi connectivity index (χ2v) is 6.60. The van der Waals surface area contributed by atoms with Crippen molar-refractivity contribution < 1.29 is 8.42 Å². The van der Waals surface area contributed by atoms with Gasteiger partial charge in [-0.3, -0.25) is 4.31 Å². The fourth-order valence-corrected chi connectivity index (χ4v) is 4.34. The van der Waals surface area contributed by atoms with Gasteiger partial charge in [-0.25, -0.2) is 8.42 Å². The normalized spacial score (nSPS) is 14.3. The topological polar surface area (TPSA) is 63.4 Å². The molecule has 2 N–H and O–H groups in total. The molecule has 0 spiro atoms. The molecule has 0 fully saturated rings. The van der Waals surface area contributed by atoms with E-state index in [-0.39, 0.29) is 6.54 Å². The van der Waals surface area contributed by atoms with Crippen molar-refractivity contribution in [2.45, 2.75) is 17.9 Å². The number of hydrogen-bond donors (Lipinski definition) is 1. The third kappa shape index (κ3) is 1.99. The van der Waals surface area contributed by atoms with Gasteiger partial charge in [0.2, 0.25) is 0 Å². The molecule has 0 radical (unpaired) electrons. The summed E-state index contributed by atoms with van der Waals surface area (Å²) >= 11 is 0. The highest BCUT2D eigenvalue weighted by Gasteiger charge is 2.31. The largest absolute Gasteiger partial charge is 0.326 e. The highest BCUT2D eigenvalue weighted by molar-refractivity contribution is 7.93. The van der Waals surface area contributed by atoms with E-state index in [9.17, 15) is 8.42 Å². The van der Waals surface area contributed by atoms with Crippen molar-refractivity contribution in [2.24, 2.45) is 5.73 Å². The molecule has 3 rings (SSSR count). The SMILES string of the molecule is NCc1ccccc1S(=O)(=O)N1CCc2ccccc21. The standard InChI is InChI=1S/C15H16N2O2S/c16-11-13-6-2-4-8-15(13)20(18,19)17-10-9-12-5-1-3-7-14(12)17/h1-8H,9-11,16H2. The van der Waals surface area contributed by atoms with Gasteiger partial charge >= 0.3 is 0 Å². The Hall–Kier alpha value is -1.85. The fraction of sp³-hybridized carbons (Fsp3) is 0.200. The maximum absolute atomic E-state index is 12.8. The highest BCUT2D eigenvalue weighted by atomic mass is 32.2. The number of sulfonamides is 1. The predicted molar refractivity (Wildman–Crippen MR) is 79.0 cm³/mol. The molecule has 1 aliphatic heterocycles. The predicted octanol–water partition coefficient (Wildman–Crippen LogP) is 1.90. The van der Waals surface area contributed by atoms with Crippen LogP contribution in [0.2, 0.25) is 0 Å². The molecular formula is C15H16N2O2S. The lowest BCUT2D eigenvalue weighted by Gasteiger charge is -2.21. The van der Waals surface area contributed by atoms with Crippen LogP contribution in [-0.2, 0) is 23.0 Å². The Morgan fingerprint density at radius 2 is 1.75 bits per heavy atom. The molecule has 5 heteroatoms. The van der Waals surface area contributed by atoms with Gasteiger partial charge in [0.05, 0.1) is 10.6 Å². The van der Waals surface area contributed by atoms with E-state index in [0.717, 1.165) is 17.7 Å². The van der Waals surface area contributed by atoms with Crippen LogP contribution in [0.4, 0.5) is 5.69 Å². The summed E-state index contributed by atoms with van der Waals surface area (Å²) in [7, 11) is -3.54. The molecule has 0 atom stereocenters. The first-order chi connectivity index (χ1) is 9.64. The van der Waals surface area contributed by atoms with E-state index in [0.29, 0.717) is 17.0 Å². The summed E-state index contributed by atoms with van der Waals surface area (Å²) in [5, 5.41) is 0. The van der Waals surface area contributed by atoms with Gasteiger partial charge in [0.1, 0.15) is 0 Å². The van der Waals surface area contributed by atoms with E-state index < -0.39 is 10.0 Å². The Balaban J connectivity index is 2.10. The lowest BCUT2D eigenvalue weighted by molar-refractivity contribution is 0.591. The summed E-state index contributed by atoms with van der Waals surface area (Å²) in [6.07, 6.45) is 0.750. The van der Waals surface area contributed by atoms with Gasteiger partial charge in [-0.2, -0.15) is 0 Å². The number of para-hydroxylation sites is 1. The maximum atomic E-state index is 12.8. The second kappa shape index (κ2) is 4.92. The number of fused-ring (bicyclic) bond motifs is 1. The molecule has 0 aliphatic carbocycles. The van der Waals surface area contributed by atoms with Crippen molar-refractivity contribution in [1.29, 1.82) is 0 Å². The molecule has 2 aromatic carbocycles. The van der Waals surface area contributed by atoms with Gasteiger partial charge in [0.15, 0.2) is 0 Å². The Morgan fingerprint density at radius 3 is 2.55 bits per heavy atom. The molecule has 0 unspecified atom stereocenters. The van der Waals surface area contributed by atoms with Crippen LogP contribution < -0.4 is 10.0 Å². The first kappa shape index (κ1) is 13.1. The van der Waals surface area contributed by atoms with E-state index in [2.05, 4.69) is 0 Å². The van der Waals surface area contributed by atoms with E-state index in [1.54, 1.807) is 24.3 Å². The zero-order chi connectivity index (χ0) is 14.2.